The molecule has 25 heavy (non-hydrogen) atoms. The van der Waals surface area contributed by atoms with Crippen LogP contribution >= 0.6 is 0 Å². The molecule has 0 radical (unpaired) electrons. The minimum Gasteiger partial charge on any atom is -0.497 e. The van der Waals surface area contributed by atoms with Gasteiger partial charge in [-0.1, -0.05) is 6.07 Å². The summed E-state index contributed by atoms with van der Waals surface area (Å²) in [7, 11) is 1.54. The molecule has 0 unspecified atom stereocenters. The van der Waals surface area contributed by atoms with Crippen molar-refractivity contribution in [1.82, 2.24) is 5.32 Å². The number of hydrogen-bond acceptors (Lipinski definition) is 3. The summed E-state index contributed by atoms with van der Waals surface area (Å²) >= 11 is 0. The van der Waals surface area contributed by atoms with Gasteiger partial charge in [0.25, 0.3) is 5.91 Å². The van der Waals surface area contributed by atoms with Crippen LogP contribution in [0.15, 0.2) is 42.5 Å². The molecule has 5 nitrogen and oxygen atoms in total. The molecule has 1 atom stereocenters. The van der Waals surface area contributed by atoms with Gasteiger partial charge in [0, 0.05) is 30.3 Å². The van der Waals surface area contributed by atoms with Gasteiger partial charge in [-0.3, -0.25) is 9.59 Å². The summed E-state index contributed by atoms with van der Waals surface area (Å²) in [6, 6.07) is 9.57. The number of amides is 2. The zero-order valence-corrected chi connectivity index (χ0v) is 13.5. The van der Waals surface area contributed by atoms with Crippen molar-refractivity contribution in [3.05, 3.63) is 59.7 Å². The Kier molecular flexibility index (Phi) is 4.65. The molecule has 0 bridgehead atoms. The van der Waals surface area contributed by atoms with Crippen LogP contribution in [0.5, 0.6) is 5.75 Å². The standard InChI is InChI=1S/C18H16F2N2O3/c1-25-14-4-2-3-13(9-14)22-10-12(8-17(22)23)21-18(24)11-5-6-15(19)16(20)7-11/h2-7,9,12H,8,10H2,1H3,(H,21,24)/t12-/m1/s1. The fourth-order valence-corrected chi connectivity index (χ4v) is 2.74. The first-order chi connectivity index (χ1) is 12.0. The third-order valence-electron chi connectivity index (χ3n) is 4.01. The molecule has 1 aliphatic heterocycles. The van der Waals surface area contributed by atoms with Crippen LogP contribution in [0.2, 0.25) is 0 Å². The van der Waals surface area contributed by atoms with Gasteiger partial charge in [0.1, 0.15) is 5.75 Å². The molecule has 2 aromatic rings. The molecule has 0 saturated carbocycles. The molecule has 1 aliphatic rings. The minimum atomic E-state index is -1.09. The van der Waals surface area contributed by atoms with E-state index in [9.17, 15) is 18.4 Å². The number of ether oxygens (including phenoxy) is 1. The monoisotopic (exact) mass is 346 g/mol. The Hall–Kier alpha value is -2.96. The van der Waals surface area contributed by atoms with Gasteiger partial charge in [-0.15, -0.1) is 0 Å². The summed E-state index contributed by atoms with van der Waals surface area (Å²) in [6.45, 7) is 0.293. The SMILES string of the molecule is COc1cccc(N2C[C@H](NC(=O)c3ccc(F)c(F)c3)CC2=O)c1. The van der Waals surface area contributed by atoms with Crippen LogP contribution < -0.4 is 15.0 Å². The average Bonchev–Trinajstić information content (AvgIpc) is 2.97. The Bertz CT molecular complexity index is 826. The van der Waals surface area contributed by atoms with Crippen LogP contribution in [-0.2, 0) is 4.79 Å². The quantitative estimate of drug-likeness (QED) is 0.925. The molecule has 3 rings (SSSR count). The molecule has 1 heterocycles. The molecular weight excluding hydrogens is 330 g/mol. The highest BCUT2D eigenvalue weighted by molar-refractivity contribution is 5.99. The van der Waals surface area contributed by atoms with Gasteiger partial charge in [-0.05, 0) is 30.3 Å². The first kappa shape index (κ1) is 16.9. The highest BCUT2D eigenvalue weighted by Gasteiger charge is 2.32. The van der Waals surface area contributed by atoms with Crippen molar-refractivity contribution in [2.45, 2.75) is 12.5 Å². The van der Waals surface area contributed by atoms with E-state index < -0.39 is 23.6 Å². The lowest BCUT2D eigenvalue weighted by molar-refractivity contribution is -0.117. The maximum absolute atomic E-state index is 13.2. The summed E-state index contributed by atoms with van der Waals surface area (Å²) in [5.74, 6) is -2.17. The van der Waals surface area contributed by atoms with E-state index in [1.807, 2.05) is 0 Å². The summed E-state index contributed by atoms with van der Waals surface area (Å²) < 4.78 is 31.3. The van der Waals surface area contributed by atoms with Crippen LogP contribution in [0.25, 0.3) is 0 Å². The number of benzene rings is 2. The number of rotatable bonds is 4. The van der Waals surface area contributed by atoms with Crippen LogP contribution in [0.1, 0.15) is 16.8 Å². The molecule has 2 amide bonds. The van der Waals surface area contributed by atoms with Gasteiger partial charge in [-0.2, -0.15) is 0 Å². The van der Waals surface area contributed by atoms with Crippen LogP contribution in [0, 0.1) is 11.6 Å². The third kappa shape index (κ3) is 3.60. The zero-order chi connectivity index (χ0) is 18.0. The second-order valence-electron chi connectivity index (χ2n) is 5.71. The fourth-order valence-electron chi connectivity index (χ4n) is 2.74. The zero-order valence-electron chi connectivity index (χ0n) is 13.5. The van der Waals surface area contributed by atoms with Crippen molar-refractivity contribution in [1.29, 1.82) is 0 Å². The number of halogens is 2. The van der Waals surface area contributed by atoms with Crippen molar-refractivity contribution in [3.8, 4) is 5.75 Å². The van der Waals surface area contributed by atoms with Crippen molar-refractivity contribution in [3.63, 3.8) is 0 Å². The third-order valence-corrected chi connectivity index (χ3v) is 4.01. The number of nitrogens with zero attached hydrogens (tertiary/aromatic N) is 1. The van der Waals surface area contributed by atoms with Gasteiger partial charge in [0.15, 0.2) is 11.6 Å². The van der Waals surface area contributed by atoms with E-state index in [0.29, 0.717) is 18.0 Å². The smallest absolute Gasteiger partial charge is 0.251 e. The summed E-state index contributed by atoms with van der Waals surface area (Å²) in [4.78, 5) is 25.9. The predicted octanol–water partition coefficient (Wildman–Crippen LogP) is 2.51. The number of hydrogen-bond donors (Lipinski definition) is 1. The predicted molar refractivity (Wildman–Crippen MR) is 87.6 cm³/mol. The van der Waals surface area contributed by atoms with Crippen molar-refractivity contribution >= 4 is 17.5 Å². The minimum absolute atomic E-state index is 0.00572. The largest absolute Gasteiger partial charge is 0.497 e. The van der Waals surface area contributed by atoms with Crippen molar-refractivity contribution in [2.24, 2.45) is 0 Å². The van der Waals surface area contributed by atoms with E-state index in [4.69, 9.17) is 4.74 Å². The van der Waals surface area contributed by atoms with Crippen molar-refractivity contribution < 1.29 is 23.1 Å². The molecular formula is C18H16F2N2O3. The van der Waals surface area contributed by atoms with Gasteiger partial charge in [0.2, 0.25) is 5.91 Å². The molecule has 0 aliphatic carbocycles. The maximum Gasteiger partial charge on any atom is 0.251 e. The van der Waals surface area contributed by atoms with Gasteiger partial charge >= 0.3 is 0 Å². The average molecular weight is 346 g/mol. The summed E-state index contributed by atoms with van der Waals surface area (Å²) in [5.41, 5.74) is 0.681. The second kappa shape index (κ2) is 6.88. The highest BCUT2D eigenvalue weighted by Crippen LogP contribution is 2.25. The first-order valence-electron chi connectivity index (χ1n) is 7.68. The molecule has 1 fully saturated rings. The van der Waals surface area contributed by atoms with Gasteiger partial charge in [-0.25, -0.2) is 8.78 Å². The van der Waals surface area contributed by atoms with Gasteiger partial charge < -0.3 is 15.0 Å². The Morgan fingerprint density at radius 1 is 1.20 bits per heavy atom. The Morgan fingerprint density at radius 3 is 2.72 bits per heavy atom. The molecule has 1 N–H and O–H groups in total. The lowest BCUT2D eigenvalue weighted by Crippen LogP contribution is -2.37. The second-order valence-corrected chi connectivity index (χ2v) is 5.71. The molecule has 0 aromatic heterocycles. The van der Waals surface area contributed by atoms with E-state index in [0.717, 1.165) is 12.1 Å². The van der Waals surface area contributed by atoms with Gasteiger partial charge in [0.05, 0.1) is 13.2 Å². The lowest BCUT2D eigenvalue weighted by atomic mass is 10.1. The Morgan fingerprint density at radius 2 is 2.00 bits per heavy atom. The number of nitrogens with one attached hydrogen (secondary N) is 1. The maximum atomic E-state index is 13.2. The van der Waals surface area contributed by atoms with E-state index in [-0.39, 0.29) is 17.9 Å². The Balaban J connectivity index is 1.69. The number of methoxy groups -OCH3 is 1. The van der Waals surface area contributed by atoms with E-state index in [1.54, 1.807) is 29.2 Å². The Labute approximate surface area is 143 Å². The number of carbonyl (C=O) groups excluding carboxylic acids is 2. The number of carbonyl (C=O) groups is 2. The topological polar surface area (TPSA) is 58.6 Å². The van der Waals surface area contributed by atoms with Crippen LogP contribution in [0.3, 0.4) is 0 Å². The molecule has 1 saturated heterocycles. The molecule has 7 heteroatoms. The summed E-state index contributed by atoms with van der Waals surface area (Å²) in [5, 5.41) is 2.68. The summed E-state index contributed by atoms with van der Waals surface area (Å²) in [6.07, 6.45) is 0.132. The van der Waals surface area contributed by atoms with Crippen LogP contribution in [-0.4, -0.2) is 31.5 Å². The van der Waals surface area contributed by atoms with Crippen LogP contribution in [0.4, 0.5) is 14.5 Å². The van der Waals surface area contributed by atoms with Crippen molar-refractivity contribution in [2.75, 3.05) is 18.6 Å². The molecule has 0 spiro atoms. The molecule has 130 valence electrons. The van der Waals surface area contributed by atoms with E-state index in [2.05, 4.69) is 5.32 Å². The highest BCUT2D eigenvalue weighted by atomic mass is 19.2. The lowest BCUT2D eigenvalue weighted by Gasteiger charge is -2.18. The van der Waals surface area contributed by atoms with E-state index in [1.165, 1.54) is 13.2 Å². The molecule has 2 aromatic carbocycles. The first-order valence-corrected chi connectivity index (χ1v) is 7.68. The normalized spacial score (nSPS) is 16.8. The van der Waals surface area contributed by atoms with E-state index >= 15 is 0 Å². The number of anilines is 1. The fraction of sp³-hybridized carbons (Fsp3) is 0.222.